The second kappa shape index (κ2) is 4.92. The number of halogens is 3. The summed E-state index contributed by atoms with van der Waals surface area (Å²) in [6.45, 7) is 6.87. The van der Waals surface area contributed by atoms with E-state index in [1.54, 1.807) is 27.7 Å². The van der Waals surface area contributed by atoms with E-state index in [0.29, 0.717) is 6.07 Å². The van der Waals surface area contributed by atoms with Crippen molar-refractivity contribution in [3.05, 3.63) is 27.9 Å². The topological polar surface area (TPSA) is 74.5 Å². The molecule has 0 aromatic carbocycles. The molecule has 1 saturated heterocycles. The molecule has 0 radical (unpaired) electrons. The van der Waals surface area contributed by atoms with Crippen molar-refractivity contribution in [3.63, 3.8) is 0 Å². The van der Waals surface area contributed by atoms with Crippen molar-refractivity contribution in [1.82, 2.24) is 4.98 Å². The zero-order chi connectivity index (χ0) is 16.9. The van der Waals surface area contributed by atoms with Crippen LogP contribution >= 0.6 is 0 Å². The lowest BCUT2D eigenvalue weighted by molar-refractivity contribution is -0.385. The molecule has 1 aromatic rings. The first-order valence-corrected chi connectivity index (χ1v) is 6.43. The third-order valence-corrected chi connectivity index (χ3v) is 3.83. The Labute approximate surface area is 124 Å². The third kappa shape index (κ3) is 2.93. The summed E-state index contributed by atoms with van der Waals surface area (Å²) in [4.78, 5) is 13.3. The van der Waals surface area contributed by atoms with Crippen LogP contribution < -0.4 is 5.59 Å². The summed E-state index contributed by atoms with van der Waals surface area (Å²) in [7, 11) is -1.20. The molecule has 0 spiro atoms. The Morgan fingerprint density at radius 2 is 1.68 bits per heavy atom. The molecule has 2 heterocycles. The average Bonchev–Trinajstić information content (AvgIpc) is 2.57. The number of aromatic nitrogens is 1. The van der Waals surface area contributed by atoms with E-state index in [1.807, 2.05) is 0 Å². The van der Waals surface area contributed by atoms with Gasteiger partial charge in [-0.3, -0.25) is 15.1 Å². The van der Waals surface area contributed by atoms with Crippen LogP contribution in [0.4, 0.5) is 18.9 Å². The first-order valence-electron chi connectivity index (χ1n) is 6.43. The number of nitrogens with zero attached hydrogens (tertiary/aromatic N) is 2. The van der Waals surface area contributed by atoms with Gasteiger partial charge < -0.3 is 9.31 Å². The fourth-order valence-corrected chi connectivity index (χ4v) is 1.87. The van der Waals surface area contributed by atoms with Gasteiger partial charge in [-0.1, -0.05) is 0 Å². The Morgan fingerprint density at radius 3 is 2.09 bits per heavy atom. The van der Waals surface area contributed by atoms with Crippen molar-refractivity contribution in [3.8, 4) is 0 Å². The zero-order valence-corrected chi connectivity index (χ0v) is 12.4. The van der Waals surface area contributed by atoms with Crippen LogP contribution in [0.1, 0.15) is 33.4 Å². The van der Waals surface area contributed by atoms with E-state index in [2.05, 4.69) is 4.98 Å². The highest BCUT2D eigenvalue weighted by atomic mass is 19.4. The van der Waals surface area contributed by atoms with Gasteiger partial charge in [0.05, 0.1) is 21.7 Å². The van der Waals surface area contributed by atoms with Gasteiger partial charge in [0.15, 0.2) is 5.69 Å². The minimum Gasteiger partial charge on any atom is -0.398 e. The average molecular weight is 318 g/mol. The molecular formula is C12H14BF3N2O4. The Kier molecular flexibility index (Phi) is 3.73. The van der Waals surface area contributed by atoms with Crippen LogP contribution in [-0.2, 0) is 15.5 Å². The smallest absolute Gasteiger partial charge is 0.398 e. The van der Waals surface area contributed by atoms with E-state index < -0.39 is 40.8 Å². The summed E-state index contributed by atoms with van der Waals surface area (Å²) in [6, 6.07) is 1.31. The second-order valence-electron chi connectivity index (χ2n) is 5.98. The van der Waals surface area contributed by atoms with Gasteiger partial charge in [-0.15, -0.1) is 0 Å². The number of nitro groups is 1. The Balaban J connectivity index is 2.48. The van der Waals surface area contributed by atoms with E-state index >= 15 is 0 Å². The minimum atomic E-state index is -4.80. The van der Waals surface area contributed by atoms with Crippen molar-refractivity contribution in [2.24, 2.45) is 0 Å². The van der Waals surface area contributed by atoms with E-state index in [1.165, 1.54) is 0 Å². The number of hydrogen-bond donors (Lipinski definition) is 0. The molecule has 0 aliphatic carbocycles. The maximum atomic E-state index is 12.8. The molecule has 10 heteroatoms. The molecule has 6 nitrogen and oxygen atoms in total. The Hall–Kier alpha value is -1.68. The number of pyridine rings is 1. The van der Waals surface area contributed by atoms with Crippen LogP contribution in [0.5, 0.6) is 0 Å². The molecule has 1 aliphatic heterocycles. The molecule has 1 aromatic heterocycles. The Morgan fingerprint density at radius 1 is 1.18 bits per heavy atom. The minimum absolute atomic E-state index is 0.278. The quantitative estimate of drug-likeness (QED) is 0.475. The highest BCUT2D eigenvalue weighted by Crippen LogP contribution is 2.37. The predicted molar refractivity (Wildman–Crippen MR) is 71.6 cm³/mol. The summed E-state index contributed by atoms with van der Waals surface area (Å²) in [6.07, 6.45) is -4.80. The molecule has 2 rings (SSSR count). The first-order chi connectivity index (χ1) is 9.83. The van der Waals surface area contributed by atoms with Gasteiger partial charge in [-0.05, 0) is 27.7 Å². The van der Waals surface area contributed by atoms with E-state index in [9.17, 15) is 23.3 Å². The highest BCUT2D eigenvalue weighted by molar-refractivity contribution is 6.61. The molecule has 0 N–H and O–H groups in total. The summed E-state index contributed by atoms with van der Waals surface area (Å²) < 4.78 is 49.7. The maximum Gasteiger partial charge on any atom is 0.514 e. The summed E-state index contributed by atoms with van der Waals surface area (Å²) in [5.74, 6) is 0. The molecule has 0 atom stereocenters. The van der Waals surface area contributed by atoms with E-state index in [4.69, 9.17) is 9.31 Å². The van der Waals surface area contributed by atoms with Gasteiger partial charge in [0.25, 0.3) is 5.69 Å². The lowest BCUT2D eigenvalue weighted by Crippen LogP contribution is -2.41. The van der Waals surface area contributed by atoms with Crippen LogP contribution in [0.3, 0.4) is 0 Å². The zero-order valence-electron chi connectivity index (χ0n) is 12.4. The third-order valence-electron chi connectivity index (χ3n) is 3.83. The molecule has 0 amide bonds. The molecule has 0 bridgehead atoms. The van der Waals surface area contributed by atoms with Gasteiger partial charge in [-0.25, -0.2) is 0 Å². The highest BCUT2D eigenvalue weighted by Gasteiger charge is 2.53. The summed E-state index contributed by atoms with van der Waals surface area (Å²) in [5.41, 5.74) is -3.93. The molecule has 0 saturated carbocycles. The lowest BCUT2D eigenvalue weighted by Gasteiger charge is -2.32. The van der Waals surface area contributed by atoms with Crippen molar-refractivity contribution in [2.45, 2.75) is 45.1 Å². The first kappa shape index (κ1) is 16.7. The van der Waals surface area contributed by atoms with Crippen LogP contribution in [0.25, 0.3) is 0 Å². The lowest BCUT2D eigenvalue weighted by atomic mass is 9.83. The van der Waals surface area contributed by atoms with Crippen LogP contribution in [0, 0.1) is 10.1 Å². The van der Waals surface area contributed by atoms with Crippen molar-refractivity contribution in [2.75, 3.05) is 0 Å². The molecule has 22 heavy (non-hydrogen) atoms. The van der Waals surface area contributed by atoms with Crippen LogP contribution in [0.2, 0.25) is 0 Å². The predicted octanol–water partition coefficient (Wildman–Crippen LogP) is 2.31. The largest absolute Gasteiger partial charge is 0.514 e. The number of alkyl halides is 3. The molecule has 1 aliphatic rings. The molecule has 120 valence electrons. The van der Waals surface area contributed by atoms with Crippen LogP contribution in [0.15, 0.2) is 12.1 Å². The standard InChI is InChI=1S/C12H14BF3N2O4/c1-10(2)11(3,4)22-13(21-10)9-6-7(18(19)20)5-8(17-9)12(14,15)16/h5-6H,1-4H3. The fourth-order valence-electron chi connectivity index (χ4n) is 1.87. The fraction of sp³-hybridized carbons (Fsp3) is 0.583. The number of hydrogen-bond acceptors (Lipinski definition) is 5. The molecule has 1 fully saturated rings. The summed E-state index contributed by atoms with van der Waals surface area (Å²) >= 11 is 0. The van der Waals surface area contributed by atoms with Crippen LogP contribution in [-0.4, -0.2) is 28.2 Å². The monoisotopic (exact) mass is 318 g/mol. The SMILES string of the molecule is CC1(C)OB(c2cc([N+](=O)[O-])cc(C(F)(F)F)n2)OC1(C)C. The summed E-state index contributed by atoms with van der Waals surface area (Å²) in [5, 5.41) is 10.8. The van der Waals surface area contributed by atoms with Gasteiger partial charge in [0.1, 0.15) is 0 Å². The van der Waals surface area contributed by atoms with Crippen molar-refractivity contribution < 1.29 is 27.4 Å². The Bertz CT molecular complexity index is 603. The molecular weight excluding hydrogens is 304 g/mol. The van der Waals surface area contributed by atoms with Gasteiger partial charge in [-0.2, -0.15) is 13.2 Å². The van der Waals surface area contributed by atoms with E-state index in [0.717, 1.165) is 6.07 Å². The maximum absolute atomic E-state index is 12.8. The van der Waals surface area contributed by atoms with Gasteiger partial charge in [0, 0.05) is 12.1 Å². The van der Waals surface area contributed by atoms with E-state index in [-0.39, 0.29) is 5.59 Å². The van der Waals surface area contributed by atoms with Crippen molar-refractivity contribution in [1.29, 1.82) is 0 Å². The number of rotatable bonds is 2. The van der Waals surface area contributed by atoms with Gasteiger partial charge >= 0.3 is 13.3 Å². The molecule has 0 unspecified atom stereocenters. The normalized spacial score (nSPS) is 20.2. The van der Waals surface area contributed by atoms with Crippen molar-refractivity contribution >= 4 is 18.4 Å². The van der Waals surface area contributed by atoms with Gasteiger partial charge in [0.2, 0.25) is 0 Å². The second-order valence-corrected chi connectivity index (χ2v) is 5.98.